The fraction of sp³-hybridized carbons (Fsp3) is 0.222. The minimum Gasteiger partial charge on any atom is -0.365 e. The Balaban J connectivity index is 2.08. The second kappa shape index (κ2) is 7.17. The minimum absolute atomic E-state index is 0.106. The number of carbonyl (C=O) groups excluding carboxylic acids is 1. The molecule has 0 saturated carbocycles. The van der Waals surface area contributed by atoms with Gasteiger partial charge in [-0.2, -0.15) is 5.26 Å². The van der Waals surface area contributed by atoms with Crippen LogP contribution < -0.4 is 10.2 Å². The standard InChI is InChI=1S/C18H18ClN3O/c1-12-5-4-6-13(2)18(12)21-17(23)11-22(3)15-8-7-14(10-20)16(19)9-15/h4-9H,11H2,1-3H3,(H,21,23). The van der Waals surface area contributed by atoms with Crippen LogP contribution >= 0.6 is 11.6 Å². The van der Waals surface area contributed by atoms with E-state index in [1.165, 1.54) is 0 Å². The van der Waals surface area contributed by atoms with Gasteiger partial charge in [0.25, 0.3) is 0 Å². The molecule has 118 valence electrons. The first-order chi connectivity index (χ1) is 10.9. The van der Waals surface area contributed by atoms with E-state index in [1.807, 2.05) is 45.2 Å². The van der Waals surface area contributed by atoms with E-state index in [0.717, 1.165) is 22.5 Å². The third-order valence-corrected chi connectivity index (χ3v) is 3.95. The van der Waals surface area contributed by atoms with Gasteiger partial charge in [-0.25, -0.2) is 0 Å². The summed E-state index contributed by atoms with van der Waals surface area (Å²) in [6, 6.07) is 13.0. The number of nitrogens with zero attached hydrogens (tertiary/aromatic N) is 2. The third-order valence-electron chi connectivity index (χ3n) is 3.64. The summed E-state index contributed by atoms with van der Waals surface area (Å²) in [4.78, 5) is 14.1. The van der Waals surface area contributed by atoms with Gasteiger partial charge in [-0.3, -0.25) is 4.79 Å². The van der Waals surface area contributed by atoms with Crippen molar-refractivity contribution >= 4 is 28.9 Å². The van der Waals surface area contributed by atoms with Crippen molar-refractivity contribution in [2.75, 3.05) is 23.8 Å². The number of halogens is 1. The van der Waals surface area contributed by atoms with Gasteiger partial charge in [0.2, 0.25) is 5.91 Å². The number of rotatable bonds is 4. The number of amides is 1. The van der Waals surface area contributed by atoms with Crippen molar-refractivity contribution in [3.8, 4) is 6.07 Å². The molecule has 4 nitrogen and oxygen atoms in total. The van der Waals surface area contributed by atoms with Gasteiger partial charge in [0.15, 0.2) is 0 Å². The van der Waals surface area contributed by atoms with E-state index >= 15 is 0 Å². The van der Waals surface area contributed by atoms with Crippen LogP contribution in [-0.2, 0) is 4.79 Å². The lowest BCUT2D eigenvalue weighted by Crippen LogP contribution is -2.30. The Morgan fingerprint density at radius 3 is 2.48 bits per heavy atom. The van der Waals surface area contributed by atoms with E-state index in [9.17, 15) is 4.79 Å². The van der Waals surface area contributed by atoms with E-state index in [4.69, 9.17) is 16.9 Å². The van der Waals surface area contributed by atoms with Gasteiger partial charge in [0, 0.05) is 18.4 Å². The highest BCUT2D eigenvalue weighted by Gasteiger charge is 2.11. The second-order valence-corrected chi connectivity index (χ2v) is 5.85. The van der Waals surface area contributed by atoms with Crippen molar-refractivity contribution in [1.82, 2.24) is 0 Å². The number of para-hydroxylation sites is 1. The maximum absolute atomic E-state index is 12.3. The number of nitrogens with one attached hydrogen (secondary N) is 1. The summed E-state index contributed by atoms with van der Waals surface area (Å²) in [5.74, 6) is -0.106. The van der Waals surface area contributed by atoms with E-state index in [-0.39, 0.29) is 12.5 Å². The number of carbonyl (C=O) groups is 1. The molecule has 0 spiro atoms. The normalized spacial score (nSPS) is 10.0. The molecule has 0 saturated heterocycles. The van der Waals surface area contributed by atoms with Crippen LogP contribution in [-0.4, -0.2) is 19.5 Å². The first-order valence-electron chi connectivity index (χ1n) is 7.19. The van der Waals surface area contributed by atoms with Gasteiger partial charge in [-0.05, 0) is 43.2 Å². The van der Waals surface area contributed by atoms with E-state index < -0.39 is 0 Å². The maximum atomic E-state index is 12.3. The highest BCUT2D eigenvalue weighted by molar-refractivity contribution is 6.32. The number of likely N-dealkylation sites (N-methyl/N-ethyl adjacent to an activating group) is 1. The summed E-state index contributed by atoms with van der Waals surface area (Å²) < 4.78 is 0. The lowest BCUT2D eigenvalue weighted by molar-refractivity contribution is -0.114. The molecule has 0 unspecified atom stereocenters. The van der Waals surface area contributed by atoms with Crippen LogP contribution in [0.25, 0.3) is 0 Å². The van der Waals surface area contributed by atoms with Crippen LogP contribution in [0, 0.1) is 25.2 Å². The highest BCUT2D eigenvalue weighted by atomic mass is 35.5. The van der Waals surface area contributed by atoms with E-state index in [1.54, 1.807) is 23.1 Å². The maximum Gasteiger partial charge on any atom is 0.243 e. The molecule has 0 heterocycles. The van der Waals surface area contributed by atoms with Gasteiger partial charge in [0.05, 0.1) is 17.1 Å². The summed E-state index contributed by atoms with van der Waals surface area (Å²) in [6.07, 6.45) is 0. The molecule has 0 aliphatic carbocycles. The molecule has 2 rings (SSSR count). The van der Waals surface area contributed by atoms with Gasteiger partial charge < -0.3 is 10.2 Å². The average Bonchev–Trinajstić information content (AvgIpc) is 2.51. The largest absolute Gasteiger partial charge is 0.365 e. The van der Waals surface area contributed by atoms with Crippen molar-refractivity contribution in [2.45, 2.75) is 13.8 Å². The Kier molecular flexibility index (Phi) is 5.25. The number of nitriles is 1. The van der Waals surface area contributed by atoms with Gasteiger partial charge in [-0.15, -0.1) is 0 Å². The molecule has 23 heavy (non-hydrogen) atoms. The molecular formula is C18H18ClN3O. The monoisotopic (exact) mass is 327 g/mol. The molecule has 0 aromatic heterocycles. The summed E-state index contributed by atoms with van der Waals surface area (Å²) in [7, 11) is 1.81. The molecule has 0 aliphatic rings. The number of hydrogen-bond donors (Lipinski definition) is 1. The fourth-order valence-corrected chi connectivity index (χ4v) is 2.55. The highest BCUT2D eigenvalue weighted by Crippen LogP contribution is 2.23. The molecule has 0 aliphatic heterocycles. The molecule has 1 amide bonds. The molecule has 0 atom stereocenters. The van der Waals surface area contributed by atoms with Crippen molar-refractivity contribution in [1.29, 1.82) is 5.26 Å². The lowest BCUT2D eigenvalue weighted by atomic mass is 10.1. The van der Waals surface area contributed by atoms with Gasteiger partial charge >= 0.3 is 0 Å². The molecule has 1 N–H and O–H groups in total. The zero-order chi connectivity index (χ0) is 17.0. The molecular weight excluding hydrogens is 310 g/mol. The summed E-state index contributed by atoms with van der Waals surface area (Å²) in [5, 5.41) is 12.2. The minimum atomic E-state index is -0.106. The van der Waals surface area contributed by atoms with E-state index in [2.05, 4.69) is 5.32 Å². The van der Waals surface area contributed by atoms with Crippen LogP contribution in [0.3, 0.4) is 0 Å². The first kappa shape index (κ1) is 16.9. The molecule has 0 bridgehead atoms. The molecule has 0 fully saturated rings. The molecule has 0 radical (unpaired) electrons. The third kappa shape index (κ3) is 4.02. The predicted octanol–water partition coefficient (Wildman–Crippen LogP) is 3.90. The van der Waals surface area contributed by atoms with Crippen LogP contribution in [0.15, 0.2) is 36.4 Å². The molecule has 2 aromatic carbocycles. The molecule has 5 heteroatoms. The first-order valence-corrected chi connectivity index (χ1v) is 7.57. The smallest absolute Gasteiger partial charge is 0.243 e. The van der Waals surface area contributed by atoms with Crippen LogP contribution in [0.5, 0.6) is 0 Å². The lowest BCUT2D eigenvalue weighted by Gasteiger charge is -2.20. The van der Waals surface area contributed by atoms with Gasteiger partial charge in [-0.1, -0.05) is 29.8 Å². The number of anilines is 2. The fourth-order valence-electron chi connectivity index (χ4n) is 2.33. The Bertz CT molecular complexity index is 760. The van der Waals surface area contributed by atoms with E-state index in [0.29, 0.717) is 10.6 Å². The topological polar surface area (TPSA) is 56.1 Å². The summed E-state index contributed by atoms with van der Waals surface area (Å²) in [5.41, 5.74) is 4.11. The SMILES string of the molecule is Cc1cccc(C)c1NC(=O)CN(C)c1ccc(C#N)c(Cl)c1. The predicted molar refractivity (Wildman–Crippen MR) is 94.0 cm³/mol. The Morgan fingerprint density at radius 2 is 1.91 bits per heavy atom. The zero-order valence-corrected chi connectivity index (χ0v) is 14.1. The van der Waals surface area contributed by atoms with Crippen LogP contribution in [0.1, 0.15) is 16.7 Å². The number of aryl methyl sites for hydroxylation is 2. The van der Waals surface area contributed by atoms with Crippen molar-refractivity contribution in [3.05, 3.63) is 58.1 Å². The number of benzene rings is 2. The summed E-state index contributed by atoms with van der Waals surface area (Å²) >= 11 is 6.03. The Morgan fingerprint density at radius 1 is 1.26 bits per heavy atom. The summed E-state index contributed by atoms with van der Waals surface area (Å²) in [6.45, 7) is 4.12. The zero-order valence-electron chi connectivity index (χ0n) is 13.4. The Labute approximate surface area is 141 Å². The van der Waals surface area contributed by atoms with Crippen molar-refractivity contribution in [3.63, 3.8) is 0 Å². The van der Waals surface area contributed by atoms with Crippen molar-refractivity contribution in [2.24, 2.45) is 0 Å². The van der Waals surface area contributed by atoms with Crippen LogP contribution in [0.2, 0.25) is 5.02 Å². The van der Waals surface area contributed by atoms with Crippen molar-refractivity contribution < 1.29 is 4.79 Å². The molecule has 2 aromatic rings. The van der Waals surface area contributed by atoms with Gasteiger partial charge in [0.1, 0.15) is 6.07 Å². The Hall–Kier alpha value is -2.51. The quantitative estimate of drug-likeness (QED) is 0.926. The number of hydrogen-bond acceptors (Lipinski definition) is 3. The second-order valence-electron chi connectivity index (χ2n) is 5.45. The van der Waals surface area contributed by atoms with Crippen LogP contribution in [0.4, 0.5) is 11.4 Å². The average molecular weight is 328 g/mol.